The van der Waals surface area contributed by atoms with E-state index in [0.717, 1.165) is 28.0 Å². The van der Waals surface area contributed by atoms with Crippen LogP contribution in [0.4, 0.5) is 0 Å². The van der Waals surface area contributed by atoms with Crippen LogP contribution in [0.1, 0.15) is 29.5 Å². The van der Waals surface area contributed by atoms with Crippen molar-refractivity contribution >= 4 is 11.6 Å². The molecule has 2 aromatic carbocycles. The average Bonchev–Trinajstić information content (AvgIpc) is 2.55. The van der Waals surface area contributed by atoms with E-state index >= 15 is 0 Å². The number of nitrogens with one attached hydrogen (secondary N) is 1. The number of hydrogen-bond donors (Lipinski definition) is 1. The zero-order valence-electron chi connectivity index (χ0n) is 12.3. The number of aryl methyl sites for hydroxylation is 1. The highest BCUT2D eigenvalue weighted by Crippen LogP contribution is 2.26. The smallest absolute Gasteiger partial charge is 0.240 e. The first-order chi connectivity index (χ1) is 10.7. The lowest BCUT2D eigenvalue weighted by atomic mass is 9.95. The maximum Gasteiger partial charge on any atom is 0.240 e. The van der Waals surface area contributed by atoms with E-state index in [2.05, 4.69) is 16.6 Å². The Kier molecular flexibility index (Phi) is 3.71. The molecule has 1 aliphatic heterocycles. The van der Waals surface area contributed by atoms with Crippen LogP contribution in [0.15, 0.2) is 47.6 Å². The second-order valence-corrected chi connectivity index (χ2v) is 5.28. The summed E-state index contributed by atoms with van der Waals surface area (Å²) in [5.41, 5.74) is 8.01. The molecule has 1 aliphatic rings. The monoisotopic (exact) mass is 289 g/mol. The molecule has 1 heterocycles. The number of rotatable bonds is 2. The Morgan fingerprint density at radius 2 is 1.82 bits per heavy atom. The van der Waals surface area contributed by atoms with Gasteiger partial charge >= 0.3 is 0 Å². The number of benzene rings is 2. The summed E-state index contributed by atoms with van der Waals surface area (Å²) >= 11 is 0. The minimum atomic E-state index is -0.0428. The minimum absolute atomic E-state index is 0.0428. The van der Waals surface area contributed by atoms with Crippen LogP contribution in [0.25, 0.3) is 11.1 Å². The normalized spacial score (nSPS) is 14.0. The van der Waals surface area contributed by atoms with E-state index in [4.69, 9.17) is 0 Å². The molecule has 1 amide bonds. The van der Waals surface area contributed by atoms with E-state index in [9.17, 15) is 10.1 Å². The van der Waals surface area contributed by atoms with E-state index < -0.39 is 0 Å². The van der Waals surface area contributed by atoms with Gasteiger partial charge in [0.25, 0.3) is 0 Å². The summed E-state index contributed by atoms with van der Waals surface area (Å²) in [5, 5.41) is 13.4. The Labute approximate surface area is 129 Å². The number of hydrazone groups is 1. The van der Waals surface area contributed by atoms with E-state index in [1.54, 1.807) is 0 Å². The van der Waals surface area contributed by atoms with Crippen LogP contribution in [0.3, 0.4) is 0 Å². The number of amides is 1. The van der Waals surface area contributed by atoms with E-state index in [-0.39, 0.29) is 5.91 Å². The van der Waals surface area contributed by atoms with E-state index in [0.29, 0.717) is 18.4 Å². The summed E-state index contributed by atoms with van der Waals surface area (Å²) in [6.07, 6.45) is 1.12. The third kappa shape index (κ3) is 2.61. The lowest BCUT2D eigenvalue weighted by molar-refractivity contribution is -0.121. The molecule has 0 unspecified atom stereocenters. The molecule has 0 aliphatic carbocycles. The zero-order valence-corrected chi connectivity index (χ0v) is 12.3. The van der Waals surface area contributed by atoms with Crippen molar-refractivity contribution in [3.05, 3.63) is 59.2 Å². The van der Waals surface area contributed by atoms with Crippen molar-refractivity contribution in [3.8, 4) is 17.2 Å². The van der Waals surface area contributed by atoms with Crippen LogP contribution in [-0.4, -0.2) is 11.6 Å². The highest BCUT2D eigenvalue weighted by Gasteiger charge is 2.13. The number of carbonyl (C=O) groups is 1. The molecule has 0 saturated carbocycles. The summed E-state index contributed by atoms with van der Waals surface area (Å²) in [7, 11) is 0. The molecule has 3 rings (SSSR count). The predicted molar refractivity (Wildman–Crippen MR) is 85.2 cm³/mol. The Morgan fingerprint density at radius 1 is 1.09 bits per heavy atom. The van der Waals surface area contributed by atoms with Gasteiger partial charge in [-0.15, -0.1) is 0 Å². The lowest BCUT2D eigenvalue weighted by Gasteiger charge is -2.13. The molecule has 2 aromatic rings. The Bertz CT molecular complexity index is 798. The molecule has 0 bridgehead atoms. The van der Waals surface area contributed by atoms with Crippen molar-refractivity contribution in [2.75, 3.05) is 0 Å². The molecule has 0 atom stereocenters. The predicted octanol–water partition coefficient (Wildman–Crippen LogP) is 3.15. The van der Waals surface area contributed by atoms with Gasteiger partial charge in [-0.2, -0.15) is 10.4 Å². The van der Waals surface area contributed by atoms with Crippen LogP contribution in [0.5, 0.6) is 0 Å². The standard InChI is InChI=1S/C18H15N3O/c1-12-3-2-4-15(16(12)11-19)13-5-7-14(8-6-13)17-9-10-18(22)21-20-17/h2-8H,9-10H2,1H3,(H,21,22). The molecular weight excluding hydrogens is 274 g/mol. The third-order valence-electron chi connectivity index (χ3n) is 3.82. The van der Waals surface area contributed by atoms with E-state index in [1.807, 2.05) is 49.4 Å². The number of carbonyl (C=O) groups excluding carboxylic acids is 1. The first kappa shape index (κ1) is 14.0. The molecule has 0 spiro atoms. The summed E-state index contributed by atoms with van der Waals surface area (Å²) in [5.74, 6) is -0.0428. The van der Waals surface area contributed by atoms with E-state index in [1.165, 1.54) is 0 Å². The van der Waals surface area contributed by atoms with Crippen LogP contribution in [0.2, 0.25) is 0 Å². The van der Waals surface area contributed by atoms with Gasteiger partial charge in [0.15, 0.2) is 0 Å². The SMILES string of the molecule is Cc1cccc(-c2ccc(C3=NNC(=O)CC3)cc2)c1C#N. The van der Waals surface area contributed by atoms with Gasteiger partial charge in [-0.25, -0.2) is 5.43 Å². The number of nitrogens with zero attached hydrogens (tertiary/aromatic N) is 2. The van der Waals surface area contributed by atoms with Crippen molar-refractivity contribution in [1.29, 1.82) is 5.26 Å². The molecule has 22 heavy (non-hydrogen) atoms. The molecule has 1 N–H and O–H groups in total. The lowest BCUT2D eigenvalue weighted by Crippen LogP contribution is -2.25. The fourth-order valence-electron chi connectivity index (χ4n) is 2.58. The Hall–Kier alpha value is -2.93. The second-order valence-electron chi connectivity index (χ2n) is 5.28. The van der Waals surface area contributed by atoms with Crippen molar-refractivity contribution < 1.29 is 4.79 Å². The molecule has 4 nitrogen and oxygen atoms in total. The third-order valence-corrected chi connectivity index (χ3v) is 3.82. The summed E-state index contributed by atoms with van der Waals surface area (Å²) in [6.45, 7) is 1.94. The molecule has 0 fully saturated rings. The van der Waals surface area contributed by atoms with Crippen LogP contribution in [0, 0.1) is 18.3 Å². The summed E-state index contributed by atoms with van der Waals surface area (Å²) in [6, 6.07) is 16.1. The quantitative estimate of drug-likeness (QED) is 0.923. The fraction of sp³-hybridized carbons (Fsp3) is 0.167. The van der Waals surface area contributed by atoms with Gasteiger partial charge in [0.05, 0.1) is 11.3 Å². The van der Waals surface area contributed by atoms with Crippen molar-refractivity contribution in [1.82, 2.24) is 5.43 Å². The highest BCUT2D eigenvalue weighted by molar-refractivity contribution is 6.04. The van der Waals surface area contributed by atoms with Crippen LogP contribution < -0.4 is 5.43 Å². The topological polar surface area (TPSA) is 65.2 Å². The van der Waals surface area contributed by atoms with Gasteiger partial charge in [0.1, 0.15) is 6.07 Å². The molecular formula is C18H15N3O. The van der Waals surface area contributed by atoms with Gasteiger partial charge in [-0.05, 0) is 29.2 Å². The maximum absolute atomic E-state index is 11.1. The maximum atomic E-state index is 11.1. The first-order valence-electron chi connectivity index (χ1n) is 7.15. The number of nitriles is 1. The molecule has 0 aromatic heterocycles. The fourth-order valence-corrected chi connectivity index (χ4v) is 2.58. The van der Waals surface area contributed by atoms with Crippen molar-refractivity contribution in [2.45, 2.75) is 19.8 Å². The Morgan fingerprint density at radius 3 is 2.45 bits per heavy atom. The molecule has 4 heteroatoms. The molecule has 108 valence electrons. The van der Waals surface area contributed by atoms with Gasteiger partial charge in [0, 0.05) is 12.8 Å². The summed E-state index contributed by atoms with van der Waals surface area (Å²) < 4.78 is 0. The van der Waals surface area contributed by atoms with Crippen LogP contribution in [-0.2, 0) is 4.79 Å². The van der Waals surface area contributed by atoms with Gasteiger partial charge in [0.2, 0.25) is 5.91 Å². The molecule has 0 saturated heterocycles. The van der Waals surface area contributed by atoms with Crippen LogP contribution >= 0.6 is 0 Å². The largest absolute Gasteiger partial charge is 0.273 e. The van der Waals surface area contributed by atoms with Crippen molar-refractivity contribution in [3.63, 3.8) is 0 Å². The summed E-state index contributed by atoms with van der Waals surface area (Å²) in [4.78, 5) is 11.1. The average molecular weight is 289 g/mol. The second kappa shape index (κ2) is 5.82. The van der Waals surface area contributed by atoms with Crippen molar-refractivity contribution in [2.24, 2.45) is 5.10 Å². The highest BCUT2D eigenvalue weighted by atomic mass is 16.2. The van der Waals surface area contributed by atoms with Gasteiger partial charge in [-0.1, -0.05) is 42.5 Å². The minimum Gasteiger partial charge on any atom is -0.273 e. The first-order valence-corrected chi connectivity index (χ1v) is 7.15. The number of hydrogen-bond acceptors (Lipinski definition) is 3. The Balaban J connectivity index is 1.94. The van der Waals surface area contributed by atoms with Gasteiger partial charge in [-0.3, -0.25) is 4.79 Å². The molecule has 0 radical (unpaired) electrons. The zero-order chi connectivity index (χ0) is 15.5. The van der Waals surface area contributed by atoms with Gasteiger partial charge < -0.3 is 0 Å².